The summed E-state index contributed by atoms with van der Waals surface area (Å²) < 4.78 is 17.5. The summed E-state index contributed by atoms with van der Waals surface area (Å²) in [6.45, 7) is 4.86. The highest BCUT2D eigenvalue weighted by molar-refractivity contribution is 5.62. The third kappa shape index (κ3) is 2.91. The van der Waals surface area contributed by atoms with Gasteiger partial charge in [0.15, 0.2) is 0 Å². The molecule has 0 radical (unpaired) electrons. The van der Waals surface area contributed by atoms with Crippen molar-refractivity contribution in [2.75, 3.05) is 0 Å². The molecule has 0 fully saturated rings. The van der Waals surface area contributed by atoms with Crippen molar-refractivity contribution in [1.29, 1.82) is 0 Å². The molecule has 3 aromatic rings. The molecule has 0 aliphatic carbocycles. The maximum atomic E-state index is 14.0. The molecule has 0 amide bonds. The molecule has 1 aromatic carbocycles. The first kappa shape index (κ1) is 15.5. The molecule has 4 nitrogen and oxygen atoms in total. The molecule has 120 valence electrons. The lowest BCUT2D eigenvalue weighted by Crippen LogP contribution is -2.18. The Morgan fingerprint density at radius 3 is 2.74 bits per heavy atom. The normalized spacial score (nSPS) is 11.3. The monoisotopic (exact) mass is 313 g/mol. The van der Waals surface area contributed by atoms with Crippen molar-refractivity contribution in [2.45, 2.75) is 39.7 Å². The van der Waals surface area contributed by atoms with Gasteiger partial charge < -0.3 is 4.57 Å². The van der Waals surface area contributed by atoms with Gasteiger partial charge in [-0.05, 0) is 25.5 Å². The molecule has 0 aliphatic rings. The summed E-state index contributed by atoms with van der Waals surface area (Å²) >= 11 is 0. The molecule has 0 N–H and O–H groups in total. The minimum atomic E-state index is -0.336. The predicted molar refractivity (Wildman–Crippen MR) is 89.1 cm³/mol. The number of nitrogens with zero attached hydrogens (tertiary/aromatic N) is 3. The van der Waals surface area contributed by atoms with E-state index < -0.39 is 0 Å². The molecule has 0 aliphatic heterocycles. The SMILES string of the molecule is CCCCCn1c(C)cc(=O)n2cc(-c3ccccc3F)nc12. The molecule has 0 spiro atoms. The van der Waals surface area contributed by atoms with Crippen LogP contribution in [0.5, 0.6) is 0 Å². The zero-order chi connectivity index (χ0) is 16.4. The first-order valence-electron chi connectivity index (χ1n) is 7.96. The maximum absolute atomic E-state index is 14.0. The smallest absolute Gasteiger partial charge is 0.259 e. The summed E-state index contributed by atoms with van der Waals surface area (Å²) in [6.07, 6.45) is 4.90. The average molecular weight is 313 g/mol. The van der Waals surface area contributed by atoms with Gasteiger partial charge in [-0.15, -0.1) is 0 Å². The standard InChI is InChI=1S/C18H20FN3O/c1-3-4-7-10-21-13(2)11-17(23)22-12-16(20-18(21)22)14-8-5-6-9-15(14)19/h5-6,8-9,11-12H,3-4,7,10H2,1-2H3. The molecular formula is C18H20FN3O. The van der Waals surface area contributed by atoms with E-state index in [2.05, 4.69) is 11.9 Å². The first-order chi connectivity index (χ1) is 11.1. The van der Waals surface area contributed by atoms with Gasteiger partial charge in [0.1, 0.15) is 5.82 Å². The van der Waals surface area contributed by atoms with Crippen molar-refractivity contribution in [1.82, 2.24) is 14.0 Å². The Hall–Kier alpha value is -2.43. The molecule has 3 rings (SSSR count). The van der Waals surface area contributed by atoms with Crippen molar-refractivity contribution in [2.24, 2.45) is 0 Å². The summed E-state index contributed by atoms with van der Waals surface area (Å²) in [6, 6.07) is 8.09. The third-order valence-corrected chi connectivity index (χ3v) is 4.06. The van der Waals surface area contributed by atoms with Crippen LogP contribution in [0, 0.1) is 12.7 Å². The number of unbranched alkanes of at least 4 members (excludes halogenated alkanes) is 2. The number of fused-ring (bicyclic) bond motifs is 1. The van der Waals surface area contributed by atoms with Crippen LogP contribution in [0.15, 0.2) is 41.3 Å². The maximum Gasteiger partial charge on any atom is 0.259 e. The summed E-state index contributed by atoms with van der Waals surface area (Å²) in [5.41, 5.74) is 1.63. The molecular weight excluding hydrogens is 293 g/mol. The minimum absolute atomic E-state index is 0.140. The van der Waals surface area contributed by atoms with E-state index in [4.69, 9.17) is 0 Å². The Labute approximate surface area is 134 Å². The van der Waals surface area contributed by atoms with Gasteiger partial charge in [0.25, 0.3) is 5.56 Å². The van der Waals surface area contributed by atoms with E-state index in [1.165, 1.54) is 10.5 Å². The number of benzene rings is 1. The fourth-order valence-corrected chi connectivity index (χ4v) is 2.80. The van der Waals surface area contributed by atoms with Crippen LogP contribution in [0.1, 0.15) is 31.9 Å². The van der Waals surface area contributed by atoms with Crippen LogP contribution in [-0.4, -0.2) is 14.0 Å². The average Bonchev–Trinajstić information content (AvgIpc) is 2.96. The number of imidazole rings is 1. The molecule has 0 unspecified atom stereocenters. The molecule has 0 saturated heterocycles. The number of aromatic nitrogens is 3. The van der Waals surface area contributed by atoms with E-state index in [0.717, 1.165) is 31.5 Å². The zero-order valence-electron chi connectivity index (χ0n) is 13.4. The summed E-state index contributed by atoms with van der Waals surface area (Å²) in [4.78, 5) is 16.8. The van der Waals surface area contributed by atoms with Crippen molar-refractivity contribution >= 4 is 5.78 Å². The van der Waals surface area contributed by atoms with E-state index in [1.54, 1.807) is 30.5 Å². The van der Waals surface area contributed by atoms with E-state index in [1.807, 2.05) is 11.5 Å². The molecule has 23 heavy (non-hydrogen) atoms. The minimum Gasteiger partial charge on any atom is -0.315 e. The second kappa shape index (κ2) is 6.36. The quantitative estimate of drug-likeness (QED) is 0.672. The second-order valence-corrected chi connectivity index (χ2v) is 5.76. The number of rotatable bonds is 5. The van der Waals surface area contributed by atoms with Gasteiger partial charge in [0.2, 0.25) is 5.78 Å². The largest absolute Gasteiger partial charge is 0.315 e. The van der Waals surface area contributed by atoms with E-state index >= 15 is 0 Å². The Morgan fingerprint density at radius 1 is 1.22 bits per heavy atom. The zero-order valence-corrected chi connectivity index (χ0v) is 13.4. The topological polar surface area (TPSA) is 39.3 Å². The van der Waals surface area contributed by atoms with Crippen LogP contribution in [0.3, 0.4) is 0 Å². The molecule has 5 heteroatoms. The van der Waals surface area contributed by atoms with E-state index in [-0.39, 0.29) is 11.4 Å². The van der Waals surface area contributed by atoms with E-state index in [9.17, 15) is 9.18 Å². The van der Waals surface area contributed by atoms with Crippen molar-refractivity contribution in [3.63, 3.8) is 0 Å². The Morgan fingerprint density at radius 2 is 2.00 bits per heavy atom. The Balaban J connectivity index is 2.14. The van der Waals surface area contributed by atoms with Crippen LogP contribution < -0.4 is 5.56 Å². The van der Waals surface area contributed by atoms with Gasteiger partial charge in [0.05, 0.1) is 5.69 Å². The fourth-order valence-electron chi connectivity index (χ4n) is 2.80. The molecule has 0 saturated carbocycles. The first-order valence-corrected chi connectivity index (χ1v) is 7.96. The Kier molecular flexibility index (Phi) is 4.28. The highest BCUT2D eigenvalue weighted by Crippen LogP contribution is 2.22. The summed E-state index contributed by atoms with van der Waals surface area (Å²) in [7, 11) is 0. The lowest BCUT2D eigenvalue weighted by atomic mass is 10.1. The number of hydrogen-bond acceptors (Lipinski definition) is 2. The van der Waals surface area contributed by atoms with Gasteiger partial charge in [-0.25, -0.2) is 9.37 Å². The van der Waals surface area contributed by atoms with E-state index in [0.29, 0.717) is 17.0 Å². The predicted octanol–water partition coefficient (Wildman–Crippen LogP) is 3.80. The molecule has 2 aromatic heterocycles. The van der Waals surface area contributed by atoms with Gasteiger partial charge in [0, 0.05) is 30.1 Å². The number of halogens is 1. The van der Waals surface area contributed by atoms with Crippen LogP contribution in [0.4, 0.5) is 4.39 Å². The van der Waals surface area contributed by atoms with Crippen molar-refractivity contribution in [3.05, 3.63) is 58.4 Å². The highest BCUT2D eigenvalue weighted by atomic mass is 19.1. The number of hydrogen-bond donors (Lipinski definition) is 0. The summed E-state index contributed by atoms with van der Waals surface area (Å²) in [5.74, 6) is 0.238. The van der Waals surface area contributed by atoms with Gasteiger partial charge >= 0.3 is 0 Å². The molecule has 0 atom stereocenters. The van der Waals surface area contributed by atoms with Gasteiger partial charge in [-0.1, -0.05) is 31.9 Å². The molecule has 2 heterocycles. The summed E-state index contributed by atoms with van der Waals surface area (Å²) in [5, 5.41) is 0. The van der Waals surface area contributed by atoms with Crippen molar-refractivity contribution < 1.29 is 4.39 Å². The molecule has 0 bridgehead atoms. The second-order valence-electron chi connectivity index (χ2n) is 5.76. The van der Waals surface area contributed by atoms with Crippen LogP contribution >= 0.6 is 0 Å². The van der Waals surface area contributed by atoms with Crippen molar-refractivity contribution in [3.8, 4) is 11.3 Å². The third-order valence-electron chi connectivity index (χ3n) is 4.06. The van der Waals surface area contributed by atoms with Crippen LogP contribution in [0.25, 0.3) is 17.0 Å². The van der Waals surface area contributed by atoms with Crippen LogP contribution in [0.2, 0.25) is 0 Å². The lowest BCUT2D eigenvalue weighted by Gasteiger charge is -2.11. The number of aryl methyl sites for hydroxylation is 2. The van der Waals surface area contributed by atoms with Crippen LogP contribution in [-0.2, 0) is 6.54 Å². The lowest BCUT2D eigenvalue weighted by molar-refractivity contribution is 0.590. The Bertz CT molecular complexity index is 895. The van der Waals surface area contributed by atoms with Gasteiger partial charge in [-0.2, -0.15) is 0 Å². The highest BCUT2D eigenvalue weighted by Gasteiger charge is 2.13. The van der Waals surface area contributed by atoms with Gasteiger partial charge in [-0.3, -0.25) is 9.20 Å². The fraction of sp³-hybridized carbons (Fsp3) is 0.333.